The second kappa shape index (κ2) is 6.50. The van der Waals surface area contributed by atoms with Crippen LogP contribution < -0.4 is 0 Å². The third-order valence-electron chi connectivity index (χ3n) is 5.23. The largest absolute Gasteiger partial charge is 0.396 e. The van der Waals surface area contributed by atoms with Crippen LogP contribution in [0.1, 0.15) is 57.6 Å². The van der Waals surface area contributed by atoms with Crippen molar-refractivity contribution in [3.05, 3.63) is 35.4 Å². The molecule has 1 aromatic rings. The highest BCUT2D eigenvalue weighted by molar-refractivity contribution is 5.28. The summed E-state index contributed by atoms with van der Waals surface area (Å²) in [6, 6.07) is 8.69. The molecule has 0 atom stereocenters. The zero-order valence-electron chi connectivity index (χ0n) is 13.7. The molecule has 0 aromatic heterocycles. The second-order valence-electron chi connectivity index (χ2n) is 7.78. The van der Waals surface area contributed by atoms with Crippen LogP contribution in [0.25, 0.3) is 0 Å². The van der Waals surface area contributed by atoms with Crippen LogP contribution in [0.15, 0.2) is 24.3 Å². The fourth-order valence-electron chi connectivity index (χ4n) is 3.63. The van der Waals surface area contributed by atoms with Crippen molar-refractivity contribution >= 4 is 0 Å². The molecule has 2 rings (SSSR count). The van der Waals surface area contributed by atoms with E-state index in [1.165, 1.54) is 24.0 Å². The smallest absolute Gasteiger partial charge is 0.0515 e. The standard InChI is InChI=1S/C19H30O2/c1-18(2,3)16-10-8-15(9-11-16)12-19(13-20,14-21)17-6-4-5-7-17/h8-11,17,20-21H,4-7,12-14H2,1-3H3. The summed E-state index contributed by atoms with van der Waals surface area (Å²) < 4.78 is 0. The molecule has 0 saturated heterocycles. The first-order chi connectivity index (χ1) is 9.91. The van der Waals surface area contributed by atoms with Crippen LogP contribution in [0.3, 0.4) is 0 Å². The van der Waals surface area contributed by atoms with Gasteiger partial charge in [-0.15, -0.1) is 0 Å². The van der Waals surface area contributed by atoms with E-state index < -0.39 is 0 Å². The molecular weight excluding hydrogens is 260 g/mol. The number of aliphatic hydroxyl groups is 2. The van der Waals surface area contributed by atoms with Crippen molar-refractivity contribution in [2.45, 2.75) is 58.3 Å². The van der Waals surface area contributed by atoms with E-state index >= 15 is 0 Å². The first-order valence-corrected chi connectivity index (χ1v) is 8.22. The Labute approximate surface area is 129 Å². The molecule has 1 aliphatic carbocycles. The summed E-state index contributed by atoms with van der Waals surface area (Å²) in [6.07, 6.45) is 5.52. The van der Waals surface area contributed by atoms with Crippen LogP contribution in [-0.4, -0.2) is 23.4 Å². The lowest BCUT2D eigenvalue weighted by Gasteiger charge is -2.36. The van der Waals surface area contributed by atoms with Crippen molar-refractivity contribution < 1.29 is 10.2 Å². The zero-order valence-corrected chi connectivity index (χ0v) is 13.7. The molecule has 2 heteroatoms. The quantitative estimate of drug-likeness (QED) is 0.868. The summed E-state index contributed by atoms with van der Waals surface area (Å²) in [5.74, 6) is 0.454. The Kier molecular flexibility index (Phi) is 5.11. The summed E-state index contributed by atoms with van der Waals surface area (Å²) in [6.45, 7) is 6.80. The van der Waals surface area contributed by atoms with E-state index in [0.29, 0.717) is 5.92 Å². The van der Waals surface area contributed by atoms with Gasteiger partial charge in [0.25, 0.3) is 0 Å². The number of rotatable bonds is 5. The van der Waals surface area contributed by atoms with Crippen molar-refractivity contribution in [2.75, 3.05) is 13.2 Å². The molecule has 0 heterocycles. The lowest BCUT2D eigenvalue weighted by molar-refractivity contribution is 0.00570. The number of hydrogen-bond acceptors (Lipinski definition) is 2. The lowest BCUT2D eigenvalue weighted by atomic mass is 9.71. The molecule has 2 nitrogen and oxygen atoms in total. The maximum Gasteiger partial charge on any atom is 0.0515 e. The van der Waals surface area contributed by atoms with E-state index in [1.54, 1.807) is 0 Å². The van der Waals surface area contributed by atoms with Crippen molar-refractivity contribution in [3.8, 4) is 0 Å². The Hall–Kier alpha value is -0.860. The maximum absolute atomic E-state index is 9.92. The van der Waals surface area contributed by atoms with Gasteiger partial charge >= 0.3 is 0 Å². The van der Waals surface area contributed by atoms with E-state index in [1.807, 2.05) is 0 Å². The molecule has 21 heavy (non-hydrogen) atoms. The summed E-state index contributed by atoms with van der Waals surface area (Å²) in [5.41, 5.74) is 2.36. The zero-order chi connectivity index (χ0) is 15.5. The minimum Gasteiger partial charge on any atom is -0.396 e. The molecule has 1 aliphatic rings. The van der Waals surface area contributed by atoms with Gasteiger partial charge in [-0.25, -0.2) is 0 Å². The Bertz CT molecular complexity index is 432. The number of hydrogen-bond donors (Lipinski definition) is 2. The van der Waals surface area contributed by atoms with Gasteiger partial charge in [0.05, 0.1) is 13.2 Å². The Morgan fingerprint density at radius 3 is 1.90 bits per heavy atom. The third-order valence-corrected chi connectivity index (χ3v) is 5.23. The average molecular weight is 290 g/mol. The maximum atomic E-state index is 9.92. The van der Waals surface area contributed by atoms with Crippen LogP contribution in [0.4, 0.5) is 0 Å². The molecule has 0 unspecified atom stereocenters. The first kappa shape index (κ1) is 16.5. The van der Waals surface area contributed by atoms with Crippen molar-refractivity contribution in [1.29, 1.82) is 0 Å². The Balaban J connectivity index is 2.17. The second-order valence-corrected chi connectivity index (χ2v) is 7.78. The van der Waals surface area contributed by atoms with Gasteiger partial charge in [-0.2, -0.15) is 0 Å². The van der Waals surface area contributed by atoms with Crippen molar-refractivity contribution in [2.24, 2.45) is 11.3 Å². The summed E-state index contributed by atoms with van der Waals surface area (Å²) in [4.78, 5) is 0. The molecule has 1 saturated carbocycles. The predicted octanol–water partition coefficient (Wildman–Crippen LogP) is 3.69. The molecule has 0 aliphatic heterocycles. The highest BCUT2D eigenvalue weighted by Gasteiger charge is 2.39. The van der Waals surface area contributed by atoms with Crippen molar-refractivity contribution in [3.63, 3.8) is 0 Å². The van der Waals surface area contributed by atoms with Gasteiger partial charge in [0.2, 0.25) is 0 Å². The van der Waals surface area contributed by atoms with Gasteiger partial charge in [-0.1, -0.05) is 57.9 Å². The van der Waals surface area contributed by atoms with Crippen LogP contribution in [0.2, 0.25) is 0 Å². The minimum absolute atomic E-state index is 0.0786. The third kappa shape index (κ3) is 3.67. The predicted molar refractivity (Wildman–Crippen MR) is 87.4 cm³/mol. The Morgan fingerprint density at radius 2 is 1.48 bits per heavy atom. The fraction of sp³-hybridized carbons (Fsp3) is 0.684. The molecule has 2 N–H and O–H groups in total. The minimum atomic E-state index is -0.347. The van der Waals surface area contributed by atoms with Crippen LogP contribution in [0, 0.1) is 11.3 Å². The monoisotopic (exact) mass is 290 g/mol. The molecule has 0 amide bonds. The van der Waals surface area contributed by atoms with Gasteiger partial charge in [-0.3, -0.25) is 0 Å². The normalized spacial score (nSPS) is 17.4. The van der Waals surface area contributed by atoms with Gasteiger partial charge in [0.1, 0.15) is 0 Å². The molecule has 118 valence electrons. The topological polar surface area (TPSA) is 40.5 Å². The fourth-order valence-corrected chi connectivity index (χ4v) is 3.63. The molecular formula is C19H30O2. The molecule has 1 aromatic carbocycles. The van der Waals surface area contributed by atoms with E-state index in [0.717, 1.165) is 19.3 Å². The lowest BCUT2D eigenvalue weighted by Crippen LogP contribution is -2.39. The first-order valence-electron chi connectivity index (χ1n) is 8.22. The SMILES string of the molecule is CC(C)(C)c1ccc(CC(CO)(CO)C2CCCC2)cc1. The summed E-state index contributed by atoms with van der Waals surface area (Å²) in [7, 11) is 0. The van der Waals surface area contributed by atoms with E-state index in [9.17, 15) is 10.2 Å². The number of aliphatic hydroxyl groups excluding tert-OH is 2. The van der Waals surface area contributed by atoms with Gasteiger partial charge in [-0.05, 0) is 41.7 Å². The van der Waals surface area contributed by atoms with Gasteiger partial charge in [0.15, 0.2) is 0 Å². The highest BCUT2D eigenvalue weighted by Crippen LogP contribution is 2.42. The molecule has 1 fully saturated rings. The van der Waals surface area contributed by atoms with Crippen LogP contribution in [-0.2, 0) is 11.8 Å². The van der Waals surface area contributed by atoms with Gasteiger partial charge < -0.3 is 10.2 Å². The molecule has 0 radical (unpaired) electrons. The van der Waals surface area contributed by atoms with E-state index in [2.05, 4.69) is 45.0 Å². The van der Waals surface area contributed by atoms with Crippen molar-refractivity contribution in [1.82, 2.24) is 0 Å². The van der Waals surface area contributed by atoms with Gasteiger partial charge in [0, 0.05) is 5.41 Å². The summed E-state index contributed by atoms with van der Waals surface area (Å²) >= 11 is 0. The number of benzene rings is 1. The highest BCUT2D eigenvalue weighted by atomic mass is 16.3. The average Bonchev–Trinajstić information content (AvgIpc) is 2.99. The summed E-state index contributed by atoms with van der Waals surface area (Å²) in [5, 5.41) is 19.8. The molecule has 0 spiro atoms. The van der Waals surface area contributed by atoms with Crippen LogP contribution in [0.5, 0.6) is 0 Å². The Morgan fingerprint density at radius 1 is 0.952 bits per heavy atom. The van der Waals surface area contributed by atoms with Crippen LogP contribution >= 0.6 is 0 Å². The molecule has 0 bridgehead atoms. The van der Waals surface area contributed by atoms with E-state index in [-0.39, 0.29) is 24.0 Å². The van der Waals surface area contributed by atoms with E-state index in [4.69, 9.17) is 0 Å².